The molecule has 1 aromatic heterocycles. The van der Waals surface area contributed by atoms with E-state index >= 15 is 0 Å². The standard InChI is InChI=1S/C13H20F3N3/c1-12(2,3)6-10(17)8-19-11-5-4-9(7-18-11)13(14,15)16/h4-5,7,10H,6,8,17H2,1-3H3,(H,18,19). The first kappa shape index (κ1) is 15.8. The van der Waals surface area contributed by atoms with Crippen LogP contribution >= 0.6 is 0 Å². The van der Waals surface area contributed by atoms with E-state index in [4.69, 9.17) is 5.73 Å². The number of alkyl halides is 3. The van der Waals surface area contributed by atoms with E-state index in [2.05, 4.69) is 31.1 Å². The molecule has 19 heavy (non-hydrogen) atoms. The Morgan fingerprint density at radius 3 is 2.32 bits per heavy atom. The smallest absolute Gasteiger partial charge is 0.369 e. The van der Waals surface area contributed by atoms with Crippen molar-refractivity contribution >= 4 is 5.82 Å². The summed E-state index contributed by atoms with van der Waals surface area (Å²) < 4.78 is 37.0. The maximum Gasteiger partial charge on any atom is 0.417 e. The Balaban J connectivity index is 2.51. The Bertz CT molecular complexity index is 393. The summed E-state index contributed by atoms with van der Waals surface area (Å²) in [5.41, 5.74) is 5.30. The fraction of sp³-hybridized carbons (Fsp3) is 0.615. The molecule has 1 atom stereocenters. The largest absolute Gasteiger partial charge is 0.417 e. The van der Waals surface area contributed by atoms with Crippen molar-refractivity contribution < 1.29 is 13.2 Å². The van der Waals surface area contributed by atoms with Gasteiger partial charge < -0.3 is 11.1 Å². The van der Waals surface area contributed by atoms with Gasteiger partial charge in [-0.15, -0.1) is 0 Å². The summed E-state index contributed by atoms with van der Waals surface area (Å²) in [4.78, 5) is 3.73. The van der Waals surface area contributed by atoms with Crippen LogP contribution in [0.3, 0.4) is 0 Å². The first-order valence-electron chi connectivity index (χ1n) is 6.11. The summed E-state index contributed by atoms with van der Waals surface area (Å²) in [7, 11) is 0. The predicted octanol–water partition coefficient (Wildman–Crippen LogP) is 3.28. The fourth-order valence-corrected chi connectivity index (χ4v) is 1.76. The normalized spacial score (nSPS) is 14.3. The lowest BCUT2D eigenvalue weighted by atomic mass is 9.88. The summed E-state index contributed by atoms with van der Waals surface area (Å²) >= 11 is 0. The van der Waals surface area contributed by atoms with Gasteiger partial charge in [0.1, 0.15) is 5.82 Å². The predicted molar refractivity (Wildman–Crippen MR) is 69.8 cm³/mol. The number of hydrogen-bond acceptors (Lipinski definition) is 3. The Kier molecular flexibility index (Phi) is 4.79. The van der Waals surface area contributed by atoms with Gasteiger partial charge in [0.15, 0.2) is 0 Å². The lowest BCUT2D eigenvalue weighted by molar-refractivity contribution is -0.137. The van der Waals surface area contributed by atoms with Crippen LogP contribution in [0.15, 0.2) is 18.3 Å². The molecule has 0 saturated carbocycles. The molecule has 0 saturated heterocycles. The third-order valence-electron chi connectivity index (χ3n) is 2.51. The lowest BCUT2D eigenvalue weighted by Gasteiger charge is -2.23. The third-order valence-corrected chi connectivity index (χ3v) is 2.51. The van der Waals surface area contributed by atoms with Crippen molar-refractivity contribution in [3.8, 4) is 0 Å². The van der Waals surface area contributed by atoms with Crippen LogP contribution in [0.25, 0.3) is 0 Å². The molecule has 0 aromatic carbocycles. The molecule has 0 fully saturated rings. The van der Waals surface area contributed by atoms with Crippen LogP contribution in [0.4, 0.5) is 19.0 Å². The highest BCUT2D eigenvalue weighted by atomic mass is 19.4. The van der Waals surface area contributed by atoms with Crippen LogP contribution in [0.2, 0.25) is 0 Å². The second kappa shape index (κ2) is 5.77. The third kappa shape index (κ3) is 5.92. The molecule has 1 heterocycles. The number of nitrogens with two attached hydrogens (primary N) is 1. The number of hydrogen-bond donors (Lipinski definition) is 2. The van der Waals surface area contributed by atoms with E-state index in [1.165, 1.54) is 6.07 Å². The van der Waals surface area contributed by atoms with E-state index in [-0.39, 0.29) is 11.5 Å². The van der Waals surface area contributed by atoms with Crippen LogP contribution in [-0.2, 0) is 6.18 Å². The summed E-state index contributed by atoms with van der Waals surface area (Å²) in [6.07, 6.45) is -2.72. The van der Waals surface area contributed by atoms with Gasteiger partial charge in [-0.3, -0.25) is 0 Å². The van der Waals surface area contributed by atoms with Crippen molar-refractivity contribution in [2.75, 3.05) is 11.9 Å². The second-order valence-electron chi connectivity index (χ2n) is 5.84. The van der Waals surface area contributed by atoms with Crippen LogP contribution < -0.4 is 11.1 Å². The molecule has 1 aromatic rings. The first-order chi connectivity index (χ1) is 8.58. The minimum absolute atomic E-state index is 0.0657. The Hall–Kier alpha value is -1.30. The molecule has 6 heteroatoms. The van der Waals surface area contributed by atoms with Crippen molar-refractivity contribution in [1.29, 1.82) is 0 Å². The van der Waals surface area contributed by atoms with Gasteiger partial charge >= 0.3 is 6.18 Å². The van der Waals surface area contributed by atoms with Crippen LogP contribution in [0.1, 0.15) is 32.8 Å². The van der Waals surface area contributed by atoms with Gasteiger partial charge in [-0.2, -0.15) is 13.2 Å². The molecule has 0 aliphatic carbocycles. The molecule has 0 radical (unpaired) electrons. The van der Waals surface area contributed by atoms with Gasteiger partial charge in [0.2, 0.25) is 0 Å². The van der Waals surface area contributed by atoms with Crippen molar-refractivity contribution in [1.82, 2.24) is 4.98 Å². The SMILES string of the molecule is CC(C)(C)CC(N)CNc1ccc(C(F)(F)F)cn1. The molecular weight excluding hydrogens is 255 g/mol. The Morgan fingerprint density at radius 1 is 1.26 bits per heavy atom. The van der Waals surface area contributed by atoms with Crippen molar-refractivity contribution in [2.24, 2.45) is 11.1 Å². The highest BCUT2D eigenvalue weighted by Crippen LogP contribution is 2.28. The fourth-order valence-electron chi connectivity index (χ4n) is 1.76. The van der Waals surface area contributed by atoms with Gasteiger partial charge in [0.05, 0.1) is 5.56 Å². The summed E-state index contributed by atoms with van der Waals surface area (Å²) in [5.74, 6) is 0.400. The molecule has 3 N–H and O–H groups in total. The molecule has 3 nitrogen and oxygen atoms in total. The van der Waals surface area contributed by atoms with E-state index in [9.17, 15) is 13.2 Å². The van der Waals surface area contributed by atoms with Crippen molar-refractivity contribution in [3.63, 3.8) is 0 Å². The topological polar surface area (TPSA) is 50.9 Å². The minimum atomic E-state index is -4.35. The van der Waals surface area contributed by atoms with Crippen molar-refractivity contribution in [3.05, 3.63) is 23.9 Å². The second-order valence-corrected chi connectivity index (χ2v) is 5.84. The molecule has 108 valence electrons. The highest BCUT2D eigenvalue weighted by molar-refractivity contribution is 5.36. The molecular formula is C13H20F3N3. The zero-order valence-corrected chi connectivity index (χ0v) is 11.4. The van der Waals surface area contributed by atoms with E-state index < -0.39 is 11.7 Å². The van der Waals surface area contributed by atoms with E-state index in [1.807, 2.05) is 0 Å². The van der Waals surface area contributed by atoms with E-state index in [0.29, 0.717) is 12.4 Å². The van der Waals surface area contributed by atoms with Gasteiger partial charge in [-0.1, -0.05) is 20.8 Å². The van der Waals surface area contributed by atoms with Crippen molar-refractivity contribution in [2.45, 2.75) is 39.4 Å². The molecule has 1 rings (SSSR count). The Labute approximate surface area is 111 Å². The first-order valence-corrected chi connectivity index (χ1v) is 6.11. The molecule has 0 spiro atoms. The van der Waals surface area contributed by atoms with Gasteiger partial charge in [-0.05, 0) is 24.0 Å². The Morgan fingerprint density at radius 2 is 1.89 bits per heavy atom. The maximum atomic E-state index is 12.3. The molecule has 0 bridgehead atoms. The van der Waals surface area contributed by atoms with E-state index in [0.717, 1.165) is 18.7 Å². The summed E-state index contributed by atoms with van der Waals surface area (Å²) in [5, 5.41) is 2.94. The lowest BCUT2D eigenvalue weighted by Crippen LogP contribution is -2.33. The number of nitrogens with one attached hydrogen (secondary N) is 1. The monoisotopic (exact) mass is 275 g/mol. The van der Waals surface area contributed by atoms with Crippen LogP contribution in [0, 0.1) is 5.41 Å². The van der Waals surface area contributed by atoms with Gasteiger partial charge in [0.25, 0.3) is 0 Å². The number of anilines is 1. The quantitative estimate of drug-likeness (QED) is 0.886. The average Bonchev–Trinajstić information content (AvgIpc) is 2.23. The highest BCUT2D eigenvalue weighted by Gasteiger charge is 2.30. The number of rotatable bonds is 4. The summed E-state index contributed by atoms with van der Waals surface area (Å²) in [6, 6.07) is 2.25. The molecule has 0 amide bonds. The van der Waals surface area contributed by atoms with Crippen LogP contribution in [0.5, 0.6) is 0 Å². The number of aromatic nitrogens is 1. The minimum Gasteiger partial charge on any atom is -0.369 e. The van der Waals surface area contributed by atoms with E-state index in [1.54, 1.807) is 0 Å². The number of nitrogens with zero attached hydrogens (tertiary/aromatic N) is 1. The number of halogens is 3. The molecule has 0 aliphatic rings. The van der Waals surface area contributed by atoms with Gasteiger partial charge in [0, 0.05) is 18.8 Å². The van der Waals surface area contributed by atoms with Gasteiger partial charge in [-0.25, -0.2) is 4.98 Å². The van der Waals surface area contributed by atoms with Crippen LogP contribution in [-0.4, -0.2) is 17.6 Å². The number of pyridine rings is 1. The molecule has 0 aliphatic heterocycles. The zero-order chi connectivity index (χ0) is 14.7. The summed E-state index contributed by atoms with van der Waals surface area (Å²) in [6.45, 7) is 6.74. The zero-order valence-electron chi connectivity index (χ0n) is 11.4. The molecule has 1 unspecified atom stereocenters. The average molecular weight is 275 g/mol. The maximum absolute atomic E-state index is 12.3.